The zero-order valence-corrected chi connectivity index (χ0v) is 24.6. The van der Waals surface area contributed by atoms with Gasteiger partial charge in [0.25, 0.3) is 11.4 Å². The van der Waals surface area contributed by atoms with Gasteiger partial charge in [0.2, 0.25) is 11.8 Å². The number of carbonyl (C=O) groups is 1. The second-order valence-corrected chi connectivity index (χ2v) is 11.4. The summed E-state index contributed by atoms with van der Waals surface area (Å²) in [6.07, 6.45) is 4.52. The van der Waals surface area contributed by atoms with E-state index in [1.54, 1.807) is 22.9 Å². The molecule has 0 bridgehead atoms. The Hall–Kier alpha value is -3.89. The number of nitrogens with zero attached hydrogens (tertiary/aromatic N) is 4. The van der Waals surface area contributed by atoms with Crippen LogP contribution >= 0.6 is 11.6 Å². The molecule has 1 aliphatic heterocycles. The van der Waals surface area contributed by atoms with E-state index in [4.69, 9.17) is 20.8 Å². The minimum absolute atomic E-state index is 0.0666. The molecule has 2 N–H and O–H groups in total. The normalized spacial score (nSPS) is 20.2. The van der Waals surface area contributed by atoms with Crippen molar-refractivity contribution in [2.45, 2.75) is 64.0 Å². The average molecular weight is 591 g/mol. The standard InChI is InChI=1S/C31H35ClN6O4/c1-3-41-26-13-12-21(32)17-24(26)30-36-35-29(42-30)20-9-7-8-19(16-20)28(39)34-27-25-18-22(33-2)14-15-37(25)38(31(27)40)23-10-5-4-6-11-23/h4-6,10-13,17,19-20,22,33H,3,7-9,14-16,18H2,1-2H3,(H,34,39)/t19-,20?,22-/m1/s1. The lowest BCUT2D eigenvalue weighted by atomic mass is 9.81. The van der Waals surface area contributed by atoms with Crippen LogP contribution in [0, 0.1) is 5.92 Å². The van der Waals surface area contributed by atoms with E-state index in [0.29, 0.717) is 59.8 Å². The fourth-order valence-corrected chi connectivity index (χ4v) is 6.35. The molecule has 1 fully saturated rings. The minimum atomic E-state index is -0.284. The van der Waals surface area contributed by atoms with Crippen LogP contribution in [0.2, 0.25) is 5.02 Å². The van der Waals surface area contributed by atoms with Crippen molar-refractivity contribution in [3.63, 3.8) is 0 Å². The van der Waals surface area contributed by atoms with Crippen LogP contribution in [0.1, 0.15) is 56.5 Å². The highest BCUT2D eigenvalue weighted by Gasteiger charge is 2.34. The number of aromatic nitrogens is 4. The second-order valence-electron chi connectivity index (χ2n) is 10.9. The number of hydrogen-bond donors (Lipinski definition) is 2. The van der Waals surface area contributed by atoms with E-state index in [9.17, 15) is 9.59 Å². The predicted octanol–water partition coefficient (Wildman–Crippen LogP) is 5.19. The first-order chi connectivity index (χ1) is 20.5. The Morgan fingerprint density at radius 1 is 1.14 bits per heavy atom. The number of para-hydroxylation sites is 1. The van der Waals surface area contributed by atoms with Crippen LogP contribution in [0.25, 0.3) is 17.1 Å². The Bertz CT molecular complexity index is 1630. The van der Waals surface area contributed by atoms with Crippen molar-refractivity contribution in [3.8, 4) is 22.9 Å². The summed E-state index contributed by atoms with van der Waals surface area (Å²) in [6, 6.07) is 15.1. The van der Waals surface area contributed by atoms with E-state index in [1.165, 1.54) is 0 Å². The molecule has 6 rings (SSSR count). The third-order valence-corrected chi connectivity index (χ3v) is 8.58. The maximum absolute atomic E-state index is 13.7. The number of hydrogen-bond acceptors (Lipinski definition) is 7. The smallest absolute Gasteiger partial charge is 0.295 e. The molecule has 2 aromatic heterocycles. The van der Waals surface area contributed by atoms with Crippen LogP contribution < -0.4 is 20.9 Å². The molecule has 3 heterocycles. The van der Waals surface area contributed by atoms with E-state index >= 15 is 0 Å². The molecule has 1 aliphatic carbocycles. The molecule has 1 saturated carbocycles. The molecule has 2 aliphatic rings. The lowest BCUT2D eigenvalue weighted by Gasteiger charge is -2.27. The molecule has 3 atom stereocenters. The summed E-state index contributed by atoms with van der Waals surface area (Å²) in [5.74, 6) is 0.954. The molecule has 1 amide bonds. The van der Waals surface area contributed by atoms with Crippen molar-refractivity contribution in [2.75, 3.05) is 19.0 Å². The van der Waals surface area contributed by atoms with Gasteiger partial charge in [-0.05, 0) is 70.0 Å². The van der Waals surface area contributed by atoms with Crippen molar-refractivity contribution in [2.24, 2.45) is 5.92 Å². The largest absolute Gasteiger partial charge is 0.493 e. The summed E-state index contributed by atoms with van der Waals surface area (Å²) < 4.78 is 15.5. The Balaban J connectivity index is 1.23. The topological polar surface area (TPSA) is 116 Å². The van der Waals surface area contributed by atoms with E-state index in [1.807, 2.05) is 49.0 Å². The van der Waals surface area contributed by atoms with Gasteiger partial charge in [-0.25, -0.2) is 4.68 Å². The van der Waals surface area contributed by atoms with Crippen molar-refractivity contribution in [1.29, 1.82) is 0 Å². The monoisotopic (exact) mass is 590 g/mol. The van der Waals surface area contributed by atoms with Gasteiger partial charge in [0.05, 0.1) is 23.6 Å². The first kappa shape index (κ1) is 28.2. The molecule has 0 saturated heterocycles. The van der Waals surface area contributed by atoms with Crippen molar-refractivity contribution < 1.29 is 13.9 Å². The molecule has 2 aromatic carbocycles. The summed E-state index contributed by atoms with van der Waals surface area (Å²) in [5.41, 5.74) is 2.44. The van der Waals surface area contributed by atoms with Gasteiger partial charge in [-0.1, -0.05) is 36.2 Å². The van der Waals surface area contributed by atoms with Crippen LogP contribution in [0.15, 0.2) is 57.7 Å². The van der Waals surface area contributed by atoms with E-state index in [-0.39, 0.29) is 29.3 Å². The molecule has 220 valence electrons. The van der Waals surface area contributed by atoms with Crippen molar-refractivity contribution in [1.82, 2.24) is 24.9 Å². The van der Waals surface area contributed by atoms with Crippen molar-refractivity contribution in [3.05, 3.63) is 75.5 Å². The number of ether oxygens (including phenoxy) is 1. The van der Waals surface area contributed by atoms with Crippen LogP contribution in [0.3, 0.4) is 0 Å². The maximum Gasteiger partial charge on any atom is 0.295 e. The average Bonchev–Trinajstić information content (AvgIpc) is 3.61. The highest BCUT2D eigenvalue weighted by atomic mass is 35.5. The van der Waals surface area contributed by atoms with Gasteiger partial charge < -0.3 is 19.8 Å². The predicted molar refractivity (Wildman–Crippen MR) is 160 cm³/mol. The number of halogens is 1. The first-order valence-corrected chi connectivity index (χ1v) is 15.0. The molecule has 42 heavy (non-hydrogen) atoms. The van der Waals surface area contributed by atoms with E-state index < -0.39 is 0 Å². The molecule has 10 nitrogen and oxygen atoms in total. The molecule has 0 spiro atoms. The molecular weight excluding hydrogens is 556 g/mol. The Kier molecular flexibility index (Phi) is 8.17. The fourth-order valence-electron chi connectivity index (χ4n) is 6.18. The maximum atomic E-state index is 13.7. The van der Waals surface area contributed by atoms with Crippen LogP contribution in [0.4, 0.5) is 5.69 Å². The molecule has 1 unspecified atom stereocenters. The van der Waals surface area contributed by atoms with Crippen LogP contribution in [-0.4, -0.2) is 45.2 Å². The third-order valence-electron chi connectivity index (χ3n) is 8.34. The Morgan fingerprint density at radius 3 is 2.76 bits per heavy atom. The summed E-state index contributed by atoms with van der Waals surface area (Å²) in [7, 11) is 1.93. The van der Waals surface area contributed by atoms with Gasteiger partial charge in [-0.3, -0.25) is 14.3 Å². The zero-order chi connectivity index (χ0) is 29.2. The zero-order valence-electron chi connectivity index (χ0n) is 23.8. The van der Waals surface area contributed by atoms with Gasteiger partial charge in [0.1, 0.15) is 11.4 Å². The number of likely N-dealkylation sites (N-methyl/N-ethyl adjacent to an activating group) is 1. The Morgan fingerprint density at radius 2 is 1.98 bits per heavy atom. The van der Waals surface area contributed by atoms with Gasteiger partial charge >= 0.3 is 0 Å². The SMILES string of the molecule is CCOc1ccc(Cl)cc1-c1nnc(C2CCC[C@@H](C(=O)Nc3c4n(n(-c5ccccc5)c3=O)CC[C@@H](NC)C4)C2)o1. The lowest BCUT2D eigenvalue weighted by Crippen LogP contribution is -2.35. The first-order valence-electron chi connectivity index (χ1n) is 14.6. The summed E-state index contributed by atoms with van der Waals surface area (Å²) in [5, 5.41) is 15.6. The number of rotatable bonds is 8. The van der Waals surface area contributed by atoms with Gasteiger partial charge in [-0.15, -0.1) is 10.2 Å². The van der Waals surface area contributed by atoms with E-state index in [2.05, 4.69) is 20.8 Å². The Labute approximate surface area is 249 Å². The molecular formula is C31H35ClN6O4. The number of anilines is 1. The molecule has 0 radical (unpaired) electrons. The van der Waals surface area contributed by atoms with Crippen LogP contribution in [-0.2, 0) is 17.8 Å². The fraction of sp³-hybridized carbons (Fsp3) is 0.419. The summed E-state index contributed by atoms with van der Waals surface area (Å²) in [6.45, 7) is 3.08. The van der Waals surface area contributed by atoms with Gasteiger partial charge in [0.15, 0.2) is 0 Å². The minimum Gasteiger partial charge on any atom is -0.493 e. The highest BCUT2D eigenvalue weighted by molar-refractivity contribution is 6.30. The summed E-state index contributed by atoms with van der Waals surface area (Å²) >= 11 is 6.23. The second kappa shape index (κ2) is 12.1. The lowest BCUT2D eigenvalue weighted by molar-refractivity contribution is -0.121. The van der Waals surface area contributed by atoms with Crippen LogP contribution in [0.5, 0.6) is 5.75 Å². The molecule has 11 heteroatoms. The highest BCUT2D eigenvalue weighted by Crippen LogP contribution is 2.39. The molecule has 4 aromatic rings. The van der Waals surface area contributed by atoms with Gasteiger partial charge in [-0.2, -0.15) is 0 Å². The number of nitrogens with one attached hydrogen (secondary N) is 2. The quantitative estimate of drug-likeness (QED) is 0.290. The number of benzene rings is 2. The number of fused-ring (bicyclic) bond motifs is 1. The number of amides is 1. The van der Waals surface area contributed by atoms with E-state index in [0.717, 1.165) is 37.1 Å². The third kappa shape index (κ3) is 5.48. The number of carbonyl (C=O) groups excluding carboxylic acids is 1. The van der Waals surface area contributed by atoms with Gasteiger partial charge in [0, 0.05) is 35.9 Å². The van der Waals surface area contributed by atoms with Crippen molar-refractivity contribution >= 4 is 23.2 Å². The summed E-state index contributed by atoms with van der Waals surface area (Å²) in [4.78, 5) is 27.4.